The van der Waals surface area contributed by atoms with Crippen LogP contribution in [0.3, 0.4) is 0 Å². The molecule has 2 fully saturated rings. The molecule has 1 nitrogen and oxygen atoms in total. The molecule has 0 heterocycles. The summed E-state index contributed by atoms with van der Waals surface area (Å²) in [5.74, 6) is 1.09. The van der Waals surface area contributed by atoms with E-state index in [1.165, 1.54) is 51.4 Å². The minimum absolute atomic E-state index is 0.0528. The lowest BCUT2D eigenvalue weighted by Gasteiger charge is -2.38. The summed E-state index contributed by atoms with van der Waals surface area (Å²) in [5.41, 5.74) is 0. The molecule has 0 aromatic heterocycles. The van der Waals surface area contributed by atoms with Crippen molar-refractivity contribution < 1.29 is 17.9 Å². The maximum atomic E-state index is 12.8. The van der Waals surface area contributed by atoms with Crippen LogP contribution in [-0.4, -0.2) is 18.9 Å². The van der Waals surface area contributed by atoms with E-state index in [1.54, 1.807) is 0 Å². The third kappa shape index (κ3) is 6.45. The van der Waals surface area contributed by atoms with E-state index in [9.17, 15) is 13.2 Å². The molecule has 2 aliphatic rings. The van der Waals surface area contributed by atoms with Gasteiger partial charge in [0.05, 0.1) is 18.6 Å². The molecule has 0 bridgehead atoms. The molecule has 0 spiro atoms. The number of halogens is 3. The predicted octanol–water partition coefficient (Wildman–Crippen LogP) is 7.15. The minimum atomic E-state index is -4.02. The Morgan fingerprint density at radius 1 is 0.880 bits per heavy atom. The molecule has 2 saturated carbocycles. The number of hydrogen-bond acceptors (Lipinski definition) is 1. The van der Waals surface area contributed by atoms with Gasteiger partial charge in [-0.25, -0.2) is 0 Å². The Balaban J connectivity index is 1.81. The molecule has 0 N–H and O–H groups in total. The van der Waals surface area contributed by atoms with Gasteiger partial charge in [0.25, 0.3) is 0 Å². The van der Waals surface area contributed by atoms with Crippen LogP contribution < -0.4 is 0 Å². The Kier molecular flexibility index (Phi) is 8.57. The van der Waals surface area contributed by atoms with Gasteiger partial charge >= 0.3 is 6.18 Å². The van der Waals surface area contributed by atoms with Crippen molar-refractivity contribution in [3.8, 4) is 0 Å². The van der Waals surface area contributed by atoms with Gasteiger partial charge in [-0.1, -0.05) is 52.4 Å². The van der Waals surface area contributed by atoms with Crippen molar-refractivity contribution in [3.63, 3.8) is 0 Å². The monoisotopic (exact) mass is 362 g/mol. The summed E-state index contributed by atoms with van der Waals surface area (Å²) in [6, 6.07) is 0. The van der Waals surface area contributed by atoms with Crippen LogP contribution in [0, 0.1) is 23.7 Å². The Morgan fingerprint density at radius 3 is 2.04 bits per heavy atom. The quantitative estimate of drug-likeness (QED) is 0.445. The lowest BCUT2D eigenvalue weighted by molar-refractivity contribution is -0.188. The van der Waals surface area contributed by atoms with E-state index in [4.69, 9.17) is 4.74 Å². The van der Waals surface area contributed by atoms with Crippen molar-refractivity contribution in [1.29, 1.82) is 0 Å². The zero-order valence-corrected chi connectivity index (χ0v) is 16.1. The standard InChI is InChI=1S/C21H37F3O/c1-3-7-16(8-4-2)20-10-6-5-9-17(20)15-25-19-13-11-18(12-14-19)21(22,23)24/h16-20H,3-15H2,1-2H3. The van der Waals surface area contributed by atoms with E-state index in [0.29, 0.717) is 18.8 Å². The number of alkyl halides is 3. The topological polar surface area (TPSA) is 9.23 Å². The van der Waals surface area contributed by atoms with Gasteiger partial charge in [0.15, 0.2) is 0 Å². The molecule has 2 rings (SSSR count). The molecule has 0 saturated heterocycles. The summed E-state index contributed by atoms with van der Waals surface area (Å²) in [6.45, 7) is 5.32. The fourth-order valence-electron chi connectivity index (χ4n) is 5.19. The normalized spacial score (nSPS) is 31.4. The highest BCUT2D eigenvalue weighted by molar-refractivity contribution is 4.82. The van der Waals surface area contributed by atoms with Gasteiger partial charge in [-0.3, -0.25) is 0 Å². The molecule has 2 aliphatic carbocycles. The molecule has 0 aromatic carbocycles. The average Bonchev–Trinajstić information content (AvgIpc) is 2.60. The Bertz CT molecular complexity index is 355. The maximum Gasteiger partial charge on any atom is 0.391 e. The van der Waals surface area contributed by atoms with Gasteiger partial charge in [0, 0.05) is 0 Å². The fourth-order valence-corrected chi connectivity index (χ4v) is 5.19. The predicted molar refractivity (Wildman–Crippen MR) is 96.5 cm³/mol. The number of hydrogen-bond donors (Lipinski definition) is 0. The van der Waals surface area contributed by atoms with Gasteiger partial charge in [0.2, 0.25) is 0 Å². The molecular weight excluding hydrogens is 325 g/mol. The Hall–Kier alpha value is -0.250. The first-order chi connectivity index (χ1) is 12.0. The maximum absolute atomic E-state index is 12.8. The van der Waals surface area contributed by atoms with Crippen molar-refractivity contribution in [3.05, 3.63) is 0 Å². The van der Waals surface area contributed by atoms with Crippen LogP contribution in [0.2, 0.25) is 0 Å². The second-order valence-corrected chi connectivity index (χ2v) is 8.39. The minimum Gasteiger partial charge on any atom is -0.378 e. The molecule has 0 aliphatic heterocycles. The molecule has 0 amide bonds. The van der Waals surface area contributed by atoms with Crippen LogP contribution in [0.1, 0.15) is 90.9 Å². The molecule has 25 heavy (non-hydrogen) atoms. The van der Waals surface area contributed by atoms with Crippen LogP contribution >= 0.6 is 0 Å². The highest BCUT2D eigenvalue weighted by Crippen LogP contribution is 2.41. The molecule has 0 radical (unpaired) electrons. The van der Waals surface area contributed by atoms with Gasteiger partial charge in [-0.15, -0.1) is 0 Å². The van der Waals surface area contributed by atoms with E-state index in [0.717, 1.165) is 18.4 Å². The van der Waals surface area contributed by atoms with E-state index in [1.807, 2.05) is 0 Å². The van der Waals surface area contributed by atoms with Gasteiger partial charge in [0.1, 0.15) is 0 Å². The number of ether oxygens (including phenoxy) is 1. The molecule has 0 aromatic rings. The summed E-state index contributed by atoms with van der Waals surface area (Å²) >= 11 is 0. The first-order valence-electron chi connectivity index (χ1n) is 10.6. The molecule has 4 heteroatoms. The largest absolute Gasteiger partial charge is 0.391 e. The zero-order chi connectivity index (χ0) is 18.3. The first-order valence-corrected chi connectivity index (χ1v) is 10.6. The van der Waals surface area contributed by atoms with Crippen LogP contribution in [0.25, 0.3) is 0 Å². The van der Waals surface area contributed by atoms with E-state index < -0.39 is 12.1 Å². The van der Waals surface area contributed by atoms with Crippen LogP contribution in [0.4, 0.5) is 13.2 Å². The molecule has 2 atom stereocenters. The molecular formula is C21H37F3O. The lowest BCUT2D eigenvalue weighted by Crippen LogP contribution is -2.34. The van der Waals surface area contributed by atoms with Gasteiger partial charge < -0.3 is 4.74 Å². The summed E-state index contributed by atoms with van der Waals surface area (Å²) in [5, 5.41) is 0. The summed E-state index contributed by atoms with van der Waals surface area (Å²) in [6.07, 6.45) is 7.98. The first kappa shape index (κ1) is 21.1. The van der Waals surface area contributed by atoms with Crippen LogP contribution in [-0.2, 0) is 4.74 Å². The van der Waals surface area contributed by atoms with Crippen LogP contribution in [0.5, 0.6) is 0 Å². The smallest absolute Gasteiger partial charge is 0.378 e. The van der Waals surface area contributed by atoms with Crippen molar-refractivity contribution in [2.24, 2.45) is 23.7 Å². The second kappa shape index (κ2) is 10.2. The Morgan fingerprint density at radius 2 is 1.48 bits per heavy atom. The van der Waals surface area contributed by atoms with Crippen molar-refractivity contribution in [2.75, 3.05) is 6.61 Å². The summed E-state index contributed by atoms with van der Waals surface area (Å²) < 4.78 is 44.5. The van der Waals surface area contributed by atoms with Crippen molar-refractivity contribution >= 4 is 0 Å². The third-order valence-corrected chi connectivity index (χ3v) is 6.58. The lowest BCUT2D eigenvalue weighted by atomic mass is 9.70. The van der Waals surface area contributed by atoms with E-state index >= 15 is 0 Å². The van der Waals surface area contributed by atoms with Gasteiger partial charge in [-0.05, 0) is 56.3 Å². The molecule has 2 unspecified atom stereocenters. The highest BCUT2D eigenvalue weighted by Gasteiger charge is 2.41. The van der Waals surface area contributed by atoms with Crippen molar-refractivity contribution in [1.82, 2.24) is 0 Å². The average molecular weight is 363 g/mol. The SMILES string of the molecule is CCCC(CCC)C1CCCCC1COC1CCC(C(F)(F)F)CC1. The van der Waals surface area contributed by atoms with Crippen molar-refractivity contribution in [2.45, 2.75) is 103 Å². The van der Waals surface area contributed by atoms with Crippen LogP contribution in [0.15, 0.2) is 0 Å². The van der Waals surface area contributed by atoms with Gasteiger partial charge in [-0.2, -0.15) is 13.2 Å². The van der Waals surface area contributed by atoms with E-state index in [-0.39, 0.29) is 18.9 Å². The number of rotatable bonds is 8. The second-order valence-electron chi connectivity index (χ2n) is 8.39. The fraction of sp³-hybridized carbons (Fsp3) is 1.00. The highest BCUT2D eigenvalue weighted by atomic mass is 19.4. The zero-order valence-electron chi connectivity index (χ0n) is 16.1. The summed E-state index contributed by atoms with van der Waals surface area (Å²) in [7, 11) is 0. The Labute approximate surface area is 152 Å². The molecule has 148 valence electrons. The van der Waals surface area contributed by atoms with E-state index in [2.05, 4.69) is 13.8 Å². The third-order valence-electron chi connectivity index (χ3n) is 6.58. The summed E-state index contributed by atoms with van der Waals surface area (Å²) in [4.78, 5) is 0.